The second kappa shape index (κ2) is 10.9. The molecule has 2 amide bonds. The first-order valence-electron chi connectivity index (χ1n) is 11.0. The van der Waals surface area contributed by atoms with Crippen molar-refractivity contribution >= 4 is 29.1 Å². The summed E-state index contributed by atoms with van der Waals surface area (Å²) in [6.45, 7) is 0.482. The van der Waals surface area contributed by atoms with Crippen LogP contribution in [-0.4, -0.2) is 47.2 Å². The highest BCUT2D eigenvalue weighted by Gasteiger charge is 2.19. The van der Waals surface area contributed by atoms with E-state index in [-0.39, 0.29) is 18.4 Å². The summed E-state index contributed by atoms with van der Waals surface area (Å²) in [4.78, 5) is 26.4. The summed E-state index contributed by atoms with van der Waals surface area (Å²) in [6.07, 6.45) is 1.75. The van der Waals surface area contributed by atoms with Crippen LogP contribution in [0.25, 0.3) is 11.3 Å². The van der Waals surface area contributed by atoms with Crippen molar-refractivity contribution in [3.63, 3.8) is 0 Å². The highest BCUT2D eigenvalue weighted by molar-refractivity contribution is 6.30. The molecule has 0 radical (unpaired) electrons. The molecular weight excluding hydrogens is 464 g/mol. The van der Waals surface area contributed by atoms with E-state index in [1.54, 1.807) is 61.4 Å². The molecule has 3 aromatic carbocycles. The van der Waals surface area contributed by atoms with Gasteiger partial charge < -0.3 is 15.0 Å². The van der Waals surface area contributed by atoms with Crippen LogP contribution in [0.5, 0.6) is 5.75 Å². The van der Waals surface area contributed by atoms with Crippen LogP contribution < -0.4 is 10.1 Å². The second-order valence-electron chi connectivity index (χ2n) is 8.14. The molecule has 0 aliphatic heterocycles. The van der Waals surface area contributed by atoms with Gasteiger partial charge in [-0.15, -0.1) is 0 Å². The van der Waals surface area contributed by atoms with Gasteiger partial charge in [-0.1, -0.05) is 54.1 Å². The molecule has 35 heavy (non-hydrogen) atoms. The van der Waals surface area contributed by atoms with Crippen LogP contribution in [-0.2, 0) is 11.3 Å². The van der Waals surface area contributed by atoms with Crippen molar-refractivity contribution in [3.8, 4) is 17.0 Å². The van der Waals surface area contributed by atoms with E-state index in [9.17, 15) is 9.59 Å². The van der Waals surface area contributed by atoms with E-state index >= 15 is 0 Å². The monoisotopic (exact) mass is 488 g/mol. The zero-order chi connectivity index (χ0) is 24.8. The fourth-order valence-electron chi connectivity index (χ4n) is 3.37. The second-order valence-corrected chi connectivity index (χ2v) is 8.57. The molecule has 4 aromatic rings. The molecule has 0 unspecified atom stereocenters. The third kappa shape index (κ3) is 6.28. The quantitative estimate of drug-likeness (QED) is 0.380. The molecule has 0 spiro atoms. The van der Waals surface area contributed by atoms with Gasteiger partial charge in [0.25, 0.3) is 11.8 Å². The van der Waals surface area contributed by atoms with Crippen LogP contribution in [0.4, 0.5) is 5.69 Å². The largest absolute Gasteiger partial charge is 0.484 e. The standard InChI is InChI=1S/C27H25ClN4O3/c1-31(2)25(33)18-35-23-14-12-22(13-15-23)29-27(34)24-17-32(16-19-6-4-3-5-7-19)30-26(24)20-8-10-21(28)11-9-20/h3-15,17H,16,18H2,1-2H3,(H,29,34). The number of carbonyl (C=O) groups is 2. The molecule has 0 saturated heterocycles. The van der Waals surface area contributed by atoms with E-state index in [1.807, 2.05) is 42.5 Å². The number of ether oxygens (including phenoxy) is 1. The van der Waals surface area contributed by atoms with Gasteiger partial charge >= 0.3 is 0 Å². The van der Waals surface area contributed by atoms with Gasteiger partial charge in [-0.3, -0.25) is 14.3 Å². The molecule has 0 bridgehead atoms. The minimum absolute atomic E-state index is 0.0518. The van der Waals surface area contributed by atoms with Crippen LogP contribution >= 0.6 is 11.6 Å². The Morgan fingerprint density at radius 3 is 2.31 bits per heavy atom. The van der Waals surface area contributed by atoms with Crippen molar-refractivity contribution in [2.24, 2.45) is 0 Å². The van der Waals surface area contributed by atoms with Crippen molar-refractivity contribution in [2.45, 2.75) is 6.54 Å². The number of likely N-dealkylation sites (N-methyl/N-ethyl adjacent to an activating group) is 1. The molecule has 0 atom stereocenters. The van der Waals surface area contributed by atoms with Gasteiger partial charge in [0, 0.05) is 36.6 Å². The number of halogens is 1. The Kier molecular flexibility index (Phi) is 7.48. The third-order valence-corrected chi connectivity index (χ3v) is 5.54. The number of carbonyl (C=O) groups excluding carboxylic acids is 2. The fraction of sp³-hybridized carbons (Fsp3) is 0.148. The lowest BCUT2D eigenvalue weighted by molar-refractivity contribution is -0.130. The maximum absolute atomic E-state index is 13.2. The average Bonchev–Trinajstić information content (AvgIpc) is 3.28. The topological polar surface area (TPSA) is 76.5 Å². The molecule has 0 fully saturated rings. The van der Waals surface area contributed by atoms with Gasteiger partial charge in [-0.05, 0) is 42.0 Å². The Labute approximate surface area is 208 Å². The fourth-order valence-corrected chi connectivity index (χ4v) is 3.49. The van der Waals surface area contributed by atoms with Crippen molar-refractivity contribution in [3.05, 3.63) is 101 Å². The zero-order valence-electron chi connectivity index (χ0n) is 19.4. The predicted octanol–water partition coefficient (Wildman–Crippen LogP) is 4.97. The summed E-state index contributed by atoms with van der Waals surface area (Å²) in [6, 6.07) is 24.0. The average molecular weight is 489 g/mol. The first-order valence-corrected chi connectivity index (χ1v) is 11.4. The number of benzene rings is 3. The van der Waals surface area contributed by atoms with Crippen molar-refractivity contribution in [2.75, 3.05) is 26.0 Å². The maximum atomic E-state index is 13.2. The zero-order valence-corrected chi connectivity index (χ0v) is 20.2. The maximum Gasteiger partial charge on any atom is 0.259 e. The first kappa shape index (κ1) is 24.0. The summed E-state index contributed by atoms with van der Waals surface area (Å²) in [5.41, 5.74) is 3.48. The Balaban J connectivity index is 1.53. The molecule has 0 saturated carbocycles. The number of nitrogens with zero attached hydrogens (tertiary/aromatic N) is 3. The molecule has 0 aliphatic rings. The van der Waals surface area contributed by atoms with Gasteiger partial charge in [0.2, 0.25) is 0 Å². The minimum Gasteiger partial charge on any atom is -0.484 e. The first-order chi connectivity index (χ1) is 16.9. The molecule has 0 aliphatic carbocycles. The Morgan fingerprint density at radius 1 is 0.971 bits per heavy atom. The number of aromatic nitrogens is 2. The van der Waals surface area contributed by atoms with E-state index in [4.69, 9.17) is 21.4 Å². The van der Waals surface area contributed by atoms with Crippen LogP contribution in [0.1, 0.15) is 15.9 Å². The molecule has 7 nitrogen and oxygen atoms in total. The lowest BCUT2D eigenvalue weighted by Gasteiger charge is -2.11. The van der Waals surface area contributed by atoms with Crippen LogP contribution in [0.2, 0.25) is 5.02 Å². The summed E-state index contributed by atoms with van der Waals surface area (Å²) in [7, 11) is 3.34. The summed E-state index contributed by atoms with van der Waals surface area (Å²) in [5.74, 6) is 0.117. The Hall–Kier alpha value is -4.10. The third-order valence-electron chi connectivity index (χ3n) is 5.28. The smallest absolute Gasteiger partial charge is 0.259 e. The highest BCUT2D eigenvalue weighted by atomic mass is 35.5. The summed E-state index contributed by atoms with van der Waals surface area (Å²) < 4.78 is 7.25. The van der Waals surface area contributed by atoms with E-state index < -0.39 is 0 Å². The van der Waals surface area contributed by atoms with Crippen molar-refractivity contribution < 1.29 is 14.3 Å². The van der Waals surface area contributed by atoms with Crippen LogP contribution in [0, 0.1) is 0 Å². The number of nitrogens with one attached hydrogen (secondary N) is 1. The number of rotatable bonds is 8. The van der Waals surface area contributed by atoms with E-state index in [0.29, 0.717) is 34.3 Å². The van der Waals surface area contributed by atoms with Gasteiger partial charge in [0.1, 0.15) is 11.4 Å². The Morgan fingerprint density at radius 2 is 1.66 bits per heavy atom. The molecule has 178 valence electrons. The van der Waals surface area contributed by atoms with Crippen LogP contribution in [0.15, 0.2) is 85.1 Å². The van der Waals surface area contributed by atoms with E-state index in [0.717, 1.165) is 11.1 Å². The van der Waals surface area contributed by atoms with Gasteiger partial charge in [0.05, 0.1) is 12.1 Å². The predicted molar refractivity (Wildman–Crippen MR) is 137 cm³/mol. The summed E-state index contributed by atoms with van der Waals surface area (Å²) in [5, 5.41) is 8.22. The van der Waals surface area contributed by atoms with E-state index in [1.165, 1.54) is 4.90 Å². The number of amides is 2. The number of anilines is 1. The lowest BCUT2D eigenvalue weighted by atomic mass is 10.1. The molecule has 8 heteroatoms. The number of hydrogen-bond donors (Lipinski definition) is 1. The SMILES string of the molecule is CN(C)C(=O)COc1ccc(NC(=O)c2cn(Cc3ccccc3)nc2-c2ccc(Cl)cc2)cc1. The van der Waals surface area contributed by atoms with Gasteiger partial charge in [-0.25, -0.2) is 0 Å². The molecule has 1 heterocycles. The van der Waals surface area contributed by atoms with Crippen molar-refractivity contribution in [1.82, 2.24) is 14.7 Å². The molecular formula is C27H25ClN4O3. The molecule has 4 rings (SSSR count). The van der Waals surface area contributed by atoms with Gasteiger partial charge in [0.15, 0.2) is 6.61 Å². The van der Waals surface area contributed by atoms with Crippen molar-refractivity contribution in [1.29, 1.82) is 0 Å². The molecule has 1 N–H and O–H groups in total. The normalized spacial score (nSPS) is 10.6. The van der Waals surface area contributed by atoms with E-state index in [2.05, 4.69) is 5.32 Å². The number of hydrogen-bond acceptors (Lipinski definition) is 4. The lowest BCUT2D eigenvalue weighted by Crippen LogP contribution is -2.27. The van der Waals surface area contributed by atoms with Crippen LogP contribution in [0.3, 0.4) is 0 Å². The minimum atomic E-state index is -0.286. The molecule has 1 aromatic heterocycles. The Bertz CT molecular complexity index is 1300. The summed E-state index contributed by atoms with van der Waals surface area (Å²) >= 11 is 6.05. The highest BCUT2D eigenvalue weighted by Crippen LogP contribution is 2.26. The van der Waals surface area contributed by atoms with Gasteiger partial charge in [-0.2, -0.15) is 5.10 Å².